The maximum Gasteiger partial charge on any atom is 0.337 e. The third-order valence-corrected chi connectivity index (χ3v) is 2.48. The smallest absolute Gasteiger partial charge is 0.337 e. The molecule has 1 rings (SSSR count). The third-order valence-electron chi connectivity index (χ3n) is 2.48. The highest BCUT2D eigenvalue weighted by Gasteiger charge is 2.09. The first-order valence-electron chi connectivity index (χ1n) is 6.43. The molecule has 0 unspecified atom stereocenters. The summed E-state index contributed by atoms with van der Waals surface area (Å²) in [5.41, 5.74) is 1.73. The van der Waals surface area contributed by atoms with Gasteiger partial charge in [0, 0.05) is 30.9 Å². The van der Waals surface area contributed by atoms with Crippen LogP contribution in [0.4, 0.5) is 5.69 Å². The largest absolute Gasteiger partial charge is 0.465 e. The summed E-state index contributed by atoms with van der Waals surface area (Å²) in [5, 5.41) is 2.71. The second kappa shape index (κ2) is 7.43. The van der Waals surface area contributed by atoms with Crippen molar-refractivity contribution in [2.45, 2.75) is 20.8 Å². The van der Waals surface area contributed by atoms with Crippen molar-refractivity contribution in [3.63, 3.8) is 0 Å². The van der Waals surface area contributed by atoms with E-state index in [1.54, 1.807) is 24.4 Å². The van der Waals surface area contributed by atoms with Gasteiger partial charge in [-0.05, 0) is 24.1 Å². The van der Waals surface area contributed by atoms with E-state index in [9.17, 15) is 9.59 Å². The van der Waals surface area contributed by atoms with Crippen molar-refractivity contribution in [2.24, 2.45) is 10.9 Å². The highest BCUT2D eigenvalue weighted by atomic mass is 16.5. The number of carbonyl (C=O) groups is 2. The summed E-state index contributed by atoms with van der Waals surface area (Å²) in [5.74, 6) is -0.147. The van der Waals surface area contributed by atoms with E-state index in [1.807, 2.05) is 0 Å². The predicted octanol–water partition coefficient (Wildman–Crippen LogP) is 2.51. The number of amides is 1. The van der Waals surface area contributed by atoms with Gasteiger partial charge < -0.3 is 10.1 Å². The molecule has 0 saturated carbocycles. The van der Waals surface area contributed by atoms with Crippen LogP contribution in [0.5, 0.6) is 0 Å². The summed E-state index contributed by atoms with van der Waals surface area (Å²) in [6, 6.07) is 4.93. The standard InChI is InChI=1S/C15H20N2O3/c1-10(2)8-16-9-13-7-12(15(19)20-4)5-6-14(13)17-11(3)18/h5-7,9-10H,8H2,1-4H3,(H,17,18). The first-order valence-corrected chi connectivity index (χ1v) is 6.43. The lowest BCUT2D eigenvalue weighted by atomic mass is 10.1. The van der Waals surface area contributed by atoms with Crippen molar-refractivity contribution in [1.29, 1.82) is 0 Å². The summed E-state index contributed by atoms with van der Waals surface area (Å²) < 4.78 is 4.68. The molecule has 0 bridgehead atoms. The number of nitrogens with zero attached hydrogens (tertiary/aromatic N) is 1. The van der Waals surface area contributed by atoms with Crippen LogP contribution < -0.4 is 5.32 Å². The fourth-order valence-electron chi connectivity index (χ4n) is 1.58. The van der Waals surface area contributed by atoms with Gasteiger partial charge in [-0.2, -0.15) is 0 Å². The zero-order valence-electron chi connectivity index (χ0n) is 12.3. The van der Waals surface area contributed by atoms with Gasteiger partial charge in [0.1, 0.15) is 0 Å². The lowest BCUT2D eigenvalue weighted by Crippen LogP contribution is -2.10. The van der Waals surface area contributed by atoms with Crippen LogP contribution in [0.25, 0.3) is 0 Å². The number of nitrogens with one attached hydrogen (secondary N) is 1. The highest BCUT2D eigenvalue weighted by molar-refractivity contribution is 5.99. The second-order valence-corrected chi connectivity index (χ2v) is 4.86. The van der Waals surface area contributed by atoms with Gasteiger partial charge in [-0.25, -0.2) is 4.79 Å². The van der Waals surface area contributed by atoms with Crippen molar-refractivity contribution in [3.05, 3.63) is 29.3 Å². The molecule has 1 aromatic rings. The SMILES string of the molecule is COC(=O)c1ccc(NC(C)=O)c(C=NCC(C)C)c1. The molecule has 0 saturated heterocycles. The van der Waals surface area contributed by atoms with Crippen LogP contribution in [0.15, 0.2) is 23.2 Å². The molecule has 0 aliphatic rings. The predicted molar refractivity (Wildman–Crippen MR) is 79.4 cm³/mol. The van der Waals surface area contributed by atoms with E-state index < -0.39 is 5.97 Å². The maximum absolute atomic E-state index is 11.5. The number of anilines is 1. The average molecular weight is 276 g/mol. The molecule has 0 heterocycles. The van der Waals surface area contributed by atoms with E-state index in [0.29, 0.717) is 29.3 Å². The number of esters is 1. The molecule has 0 atom stereocenters. The Kier molecular flexibility index (Phi) is 5.90. The molecule has 5 heteroatoms. The van der Waals surface area contributed by atoms with Crippen LogP contribution in [0.1, 0.15) is 36.7 Å². The molecule has 0 fully saturated rings. The Morgan fingerprint density at radius 3 is 2.65 bits per heavy atom. The average Bonchev–Trinajstić information content (AvgIpc) is 2.38. The van der Waals surface area contributed by atoms with Gasteiger partial charge in [0.05, 0.1) is 12.7 Å². The number of methoxy groups -OCH3 is 1. The van der Waals surface area contributed by atoms with E-state index in [4.69, 9.17) is 0 Å². The fourth-order valence-corrected chi connectivity index (χ4v) is 1.58. The van der Waals surface area contributed by atoms with Gasteiger partial charge >= 0.3 is 5.97 Å². The van der Waals surface area contributed by atoms with Gasteiger partial charge in [-0.15, -0.1) is 0 Å². The molecule has 0 aromatic heterocycles. The zero-order valence-corrected chi connectivity index (χ0v) is 12.3. The normalized spacial score (nSPS) is 10.8. The monoisotopic (exact) mass is 276 g/mol. The van der Waals surface area contributed by atoms with Crippen molar-refractivity contribution >= 4 is 23.8 Å². The fraction of sp³-hybridized carbons (Fsp3) is 0.400. The van der Waals surface area contributed by atoms with Gasteiger partial charge in [0.25, 0.3) is 0 Å². The van der Waals surface area contributed by atoms with Crippen molar-refractivity contribution in [1.82, 2.24) is 0 Å². The minimum absolute atomic E-state index is 0.172. The number of benzene rings is 1. The number of carbonyl (C=O) groups excluding carboxylic acids is 2. The molecule has 1 N–H and O–H groups in total. The zero-order chi connectivity index (χ0) is 15.1. The molecule has 0 aliphatic heterocycles. The molecule has 20 heavy (non-hydrogen) atoms. The van der Waals surface area contributed by atoms with Crippen LogP contribution >= 0.6 is 0 Å². The molecule has 1 amide bonds. The van der Waals surface area contributed by atoms with E-state index in [2.05, 4.69) is 28.9 Å². The van der Waals surface area contributed by atoms with Crippen molar-refractivity contribution in [3.8, 4) is 0 Å². The first kappa shape index (κ1) is 15.9. The Hall–Kier alpha value is -2.17. The lowest BCUT2D eigenvalue weighted by Gasteiger charge is -2.08. The van der Waals surface area contributed by atoms with E-state index >= 15 is 0 Å². The van der Waals surface area contributed by atoms with Crippen LogP contribution in [0, 0.1) is 5.92 Å². The Balaban J connectivity index is 3.08. The van der Waals surface area contributed by atoms with Crippen LogP contribution in [-0.4, -0.2) is 31.7 Å². The minimum atomic E-state index is -0.419. The molecule has 0 radical (unpaired) electrons. The van der Waals surface area contributed by atoms with Crippen LogP contribution in [-0.2, 0) is 9.53 Å². The highest BCUT2D eigenvalue weighted by Crippen LogP contribution is 2.17. The number of rotatable bonds is 5. The molecule has 1 aromatic carbocycles. The van der Waals surface area contributed by atoms with Crippen molar-refractivity contribution < 1.29 is 14.3 Å². The Morgan fingerprint density at radius 2 is 2.10 bits per heavy atom. The number of hydrogen-bond acceptors (Lipinski definition) is 4. The Bertz CT molecular complexity index is 522. The Labute approximate surface area is 119 Å². The number of ether oxygens (including phenoxy) is 1. The molecule has 108 valence electrons. The quantitative estimate of drug-likeness (QED) is 0.663. The van der Waals surface area contributed by atoms with Crippen LogP contribution in [0.3, 0.4) is 0 Å². The summed E-state index contributed by atoms with van der Waals surface area (Å²) in [4.78, 5) is 27.0. The molecule has 5 nitrogen and oxygen atoms in total. The Morgan fingerprint density at radius 1 is 1.40 bits per heavy atom. The molecular weight excluding hydrogens is 256 g/mol. The van der Waals surface area contributed by atoms with E-state index in [0.717, 1.165) is 0 Å². The van der Waals surface area contributed by atoms with Gasteiger partial charge in [0.15, 0.2) is 0 Å². The molecule has 0 spiro atoms. The van der Waals surface area contributed by atoms with Crippen LogP contribution in [0.2, 0.25) is 0 Å². The summed E-state index contributed by atoms with van der Waals surface area (Å²) in [6.07, 6.45) is 1.66. The number of aliphatic imine (C=N–C) groups is 1. The van der Waals surface area contributed by atoms with E-state index in [1.165, 1.54) is 14.0 Å². The number of hydrogen-bond donors (Lipinski definition) is 1. The van der Waals surface area contributed by atoms with Gasteiger partial charge in [-0.1, -0.05) is 13.8 Å². The van der Waals surface area contributed by atoms with Gasteiger partial charge in [0.2, 0.25) is 5.91 Å². The topological polar surface area (TPSA) is 67.8 Å². The van der Waals surface area contributed by atoms with Crippen molar-refractivity contribution in [2.75, 3.05) is 19.0 Å². The summed E-state index contributed by atoms with van der Waals surface area (Å²) in [6.45, 7) is 6.25. The maximum atomic E-state index is 11.5. The molecule has 0 aliphatic carbocycles. The molecular formula is C15H20N2O3. The first-order chi connectivity index (χ1) is 9.43. The lowest BCUT2D eigenvalue weighted by molar-refractivity contribution is -0.114. The third kappa shape index (κ3) is 4.84. The summed E-state index contributed by atoms with van der Waals surface area (Å²) >= 11 is 0. The van der Waals surface area contributed by atoms with Gasteiger partial charge in [-0.3, -0.25) is 9.79 Å². The minimum Gasteiger partial charge on any atom is -0.465 e. The second-order valence-electron chi connectivity index (χ2n) is 4.86. The summed E-state index contributed by atoms with van der Waals surface area (Å²) in [7, 11) is 1.33. The van der Waals surface area contributed by atoms with E-state index in [-0.39, 0.29) is 5.91 Å².